The van der Waals surface area contributed by atoms with E-state index < -0.39 is 0 Å². The monoisotopic (exact) mass is 276 g/mol. The summed E-state index contributed by atoms with van der Waals surface area (Å²) in [5.41, 5.74) is 1.83. The Morgan fingerprint density at radius 1 is 0.952 bits per heavy atom. The van der Waals surface area contributed by atoms with Gasteiger partial charge in [0.25, 0.3) is 0 Å². The molecule has 3 rings (SSSR count). The number of rotatable bonds is 5. The van der Waals surface area contributed by atoms with E-state index in [2.05, 4.69) is 5.10 Å². The summed E-state index contributed by atoms with van der Waals surface area (Å²) >= 11 is 0. The van der Waals surface area contributed by atoms with E-state index in [9.17, 15) is 4.79 Å². The minimum absolute atomic E-state index is 0.0751. The molecule has 1 heterocycles. The average molecular weight is 276 g/mol. The predicted octanol–water partition coefficient (Wildman–Crippen LogP) is 3.75. The van der Waals surface area contributed by atoms with Gasteiger partial charge in [0.2, 0.25) is 0 Å². The fraction of sp³-hybridized carbons (Fsp3) is 0.111. The molecule has 0 saturated carbocycles. The molecule has 0 aliphatic heterocycles. The van der Waals surface area contributed by atoms with Gasteiger partial charge in [0.05, 0.1) is 6.04 Å². The van der Waals surface area contributed by atoms with Crippen LogP contribution in [-0.4, -0.2) is 15.6 Å². The van der Waals surface area contributed by atoms with Crippen LogP contribution in [-0.2, 0) is 0 Å². The van der Waals surface area contributed by atoms with Crippen LogP contribution in [0.3, 0.4) is 0 Å². The molecule has 0 spiro atoms. The zero-order chi connectivity index (χ0) is 14.5. The summed E-state index contributed by atoms with van der Waals surface area (Å²) in [4.78, 5) is 12.5. The number of carbonyl (C=O) groups excluding carboxylic acids is 1. The van der Waals surface area contributed by atoms with Crippen molar-refractivity contribution in [2.75, 3.05) is 0 Å². The van der Waals surface area contributed by atoms with E-state index in [1.807, 2.05) is 77.6 Å². The Hall–Kier alpha value is -2.68. The number of nitrogens with zero attached hydrogens (tertiary/aromatic N) is 2. The van der Waals surface area contributed by atoms with Crippen LogP contribution in [0, 0.1) is 0 Å². The van der Waals surface area contributed by atoms with E-state index in [0.29, 0.717) is 6.42 Å². The molecule has 3 nitrogen and oxygen atoms in total. The minimum Gasteiger partial charge on any atom is -0.294 e. The largest absolute Gasteiger partial charge is 0.294 e. The Morgan fingerprint density at radius 3 is 2.24 bits per heavy atom. The van der Waals surface area contributed by atoms with Gasteiger partial charge in [-0.1, -0.05) is 60.7 Å². The Morgan fingerprint density at radius 2 is 1.62 bits per heavy atom. The second-order valence-corrected chi connectivity index (χ2v) is 4.91. The summed E-state index contributed by atoms with van der Waals surface area (Å²) in [6.45, 7) is 0. The Bertz CT molecular complexity index is 691. The molecule has 1 atom stereocenters. The SMILES string of the molecule is O=C(CC(c1ccccc1)n1cccn1)c1ccccc1. The molecule has 0 radical (unpaired) electrons. The molecule has 0 fully saturated rings. The van der Waals surface area contributed by atoms with Crippen molar-refractivity contribution in [3.05, 3.63) is 90.3 Å². The lowest BCUT2D eigenvalue weighted by Gasteiger charge is -2.17. The molecule has 2 aromatic carbocycles. The second-order valence-electron chi connectivity index (χ2n) is 4.91. The molecule has 21 heavy (non-hydrogen) atoms. The van der Waals surface area contributed by atoms with Gasteiger partial charge in [-0.3, -0.25) is 9.48 Å². The van der Waals surface area contributed by atoms with Crippen LogP contribution in [0.4, 0.5) is 0 Å². The van der Waals surface area contributed by atoms with E-state index in [1.54, 1.807) is 6.20 Å². The molecule has 3 aromatic rings. The lowest BCUT2D eigenvalue weighted by molar-refractivity contribution is 0.0967. The van der Waals surface area contributed by atoms with Gasteiger partial charge < -0.3 is 0 Å². The van der Waals surface area contributed by atoms with Crippen LogP contribution in [0.25, 0.3) is 0 Å². The molecule has 104 valence electrons. The highest BCUT2D eigenvalue weighted by Gasteiger charge is 2.18. The lowest BCUT2D eigenvalue weighted by atomic mass is 9.98. The third-order valence-electron chi connectivity index (χ3n) is 3.50. The topological polar surface area (TPSA) is 34.9 Å². The van der Waals surface area contributed by atoms with Crippen molar-refractivity contribution >= 4 is 5.78 Å². The first kappa shape index (κ1) is 13.3. The molecule has 0 aliphatic rings. The van der Waals surface area contributed by atoms with Crippen molar-refractivity contribution in [3.63, 3.8) is 0 Å². The molecule has 0 N–H and O–H groups in total. The Balaban J connectivity index is 1.89. The van der Waals surface area contributed by atoms with Crippen LogP contribution in [0.15, 0.2) is 79.1 Å². The highest BCUT2D eigenvalue weighted by Crippen LogP contribution is 2.23. The zero-order valence-electron chi connectivity index (χ0n) is 11.6. The van der Waals surface area contributed by atoms with Crippen LogP contribution in [0.1, 0.15) is 28.4 Å². The normalized spacial score (nSPS) is 12.0. The Kier molecular flexibility index (Phi) is 3.92. The first-order valence-electron chi connectivity index (χ1n) is 6.97. The van der Waals surface area contributed by atoms with Gasteiger partial charge in [-0.2, -0.15) is 5.10 Å². The molecule has 1 unspecified atom stereocenters. The zero-order valence-corrected chi connectivity index (χ0v) is 11.6. The molecular weight excluding hydrogens is 260 g/mol. The van der Waals surface area contributed by atoms with Crippen molar-refractivity contribution in [1.82, 2.24) is 9.78 Å². The summed E-state index contributed by atoms with van der Waals surface area (Å²) in [6, 6.07) is 21.2. The highest BCUT2D eigenvalue weighted by atomic mass is 16.1. The second kappa shape index (κ2) is 6.18. The maximum atomic E-state index is 12.5. The fourth-order valence-electron chi connectivity index (χ4n) is 2.42. The molecule has 0 saturated heterocycles. The summed E-state index contributed by atoms with van der Waals surface area (Å²) in [5.74, 6) is 0.125. The van der Waals surface area contributed by atoms with Gasteiger partial charge in [-0.15, -0.1) is 0 Å². The lowest BCUT2D eigenvalue weighted by Crippen LogP contribution is -2.16. The molecule has 3 heteroatoms. The van der Waals surface area contributed by atoms with E-state index in [4.69, 9.17) is 0 Å². The summed E-state index contributed by atoms with van der Waals surface area (Å²) in [6.07, 6.45) is 4.04. The Labute approximate surface area is 123 Å². The first-order valence-corrected chi connectivity index (χ1v) is 6.97. The number of Topliss-reactive ketones (excluding diaryl/α,β-unsaturated/α-hetero) is 1. The summed E-state index contributed by atoms with van der Waals surface area (Å²) in [5, 5.41) is 4.30. The number of carbonyl (C=O) groups is 1. The van der Waals surface area contributed by atoms with Crippen LogP contribution in [0.2, 0.25) is 0 Å². The van der Waals surface area contributed by atoms with Gasteiger partial charge in [0, 0.05) is 24.4 Å². The van der Waals surface area contributed by atoms with Gasteiger partial charge in [0.15, 0.2) is 5.78 Å². The van der Waals surface area contributed by atoms with Crippen LogP contribution in [0.5, 0.6) is 0 Å². The van der Waals surface area contributed by atoms with Gasteiger partial charge in [0.1, 0.15) is 0 Å². The number of hydrogen-bond acceptors (Lipinski definition) is 2. The number of benzene rings is 2. The third kappa shape index (κ3) is 3.08. The van der Waals surface area contributed by atoms with Crippen molar-refractivity contribution in [2.24, 2.45) is 0 Å². The van der Waals surface area contributed by atoms with Crippen LogP contribution >= 0.6 is 0 Å². The van der Waals surface area contributed by atoms with E-state index in [-0.39, 0.29) is 11.8 Å². The molecule has 0 bridgehead atoms. The molecule has 1 aromatic heterocycles. The van der Waals surface area contributed by atoms with Crippen LogP contribution < -0.4 is 0 Å². The van der Waals surface area contributed by atoms with Crippen molar-refractivity contribution < 1.29 is 4.79 Å². The van der Waals surface area contributed by atoms with Crippen molar-refractivity contribution in [2.45, 2.75) is 12.5 Å². The molecule has 0 aliphatic carbocycles. The summed E-state index contributed by atoms with van der Waals surface area (Å²) < 4.78 is 1.84. The van der Waals surface area contributed by atoms with E-state index in [1.165, 1.54) is 0 Å². The highest BCUT2D eigenvalue weighted by molar-refractivity contribution is 5.96. The first-order chi connectivity index (χ1) is 10.3. The summed E-state index contributed by atoms with van der Waals surface area (Å²) in [7, 11) is 0. The van der Waals surface area contributed by atoms with Crippen molar-refractivity contribution in [3.8, 4) is 0 Å². The number of ketones is 1. The predicted molar refractivity (Wildman–Crippen MR) is 82.2 cm³/mol. The number of aromatic nitrogens is 2. The standard InChI is InChI=1S/C18H16N2O/c21-18(16-10-5-2-6-11-16)14-17(20-13-7-12-19-20)15-8-3-1-4-9-15/h1-13,17H,14H2. The quantitative estimate of drug-likeness (QED) is 0.665. The average Bonchev–Trinajstić information content (AvgIpc) is 3.08. The van der Waals surface area contributed by atoms with Gasteiger partial charge in [-0.05, 0) is 11.6 Å². The van der Waals surface area contributed by atoms with Gasteiger partial charge in [-0.25, -0.2) is 0 Å². The van der Waals surface area contributed by atoms with E-state index >= 15 is 0 Å². The maximum absolute atomic E-state index is 12.5. The van der Waals surface area contributed by atoms with E-state index in [0.717, 1.165) is 11.1 Å². The third-order valence-corrected chi connectivity index (χ3v) is 3.50. The minimum atomic E-state index is -0.0751. The molecular formula is C18H16N2O. The maximum Gasteiger partial charge on any atom is 0.165 e. The smallest absolute Gasteiger partial charge is 0.165 e. The fourth-order valence-corrected chi connectivity index (χ4v) is 2.42. The molecule has 0 amide bonds. The number of hydrogen-bond donors (Lipinski definition) is 0. The van der Waals surface area contributed by atoms with Gasteiger partial charge >= 0.3 is 0 Å². The van der Waals surface area contributed by atoms with Crippen molar-refractivity contribution in [1.29, 1.82) is 0 Å².